The van der Waals surface area contributed by atoms with E-state index in [1.807, 2.05) is 36.4 Å². The number of nitrogens with one attached hydrogen (secondary N) is 1. The highest BCUT2D eigenvalue weighted by Gasteiger charge is 2.14. The predicted octanol–water partition coefficient (Wildman–Crippen LogP) is 3.79. The Morgan fingerprint density at radius 3 is 2.11 bits per heavy atom. The Labute approximate surface area is 156 Å². The molecule has 5 nitrogen and oxygen atoms in total. The van der Waals surface area contributed by atoms with Gasteiger partial charge in [0.1, 0.15) is 5.70 Å². The number of carbonyl (C=O) groups is 2. The molecule has 3 rings (SSSR count). The van der Waals surface area contributed by atoms with Gasteiger partial charge in [0.2, 0.25) is 0 Å². The molecular weight excluding hydrogens is 340 g/mol. The third-order valence-corrected chi connectivity index (χ3v) is 4.04. The average Bonchev–Trinajstić information content (AvgIpc) is 2.70. The maximum atomic E-state index is 12.3. The summed E-state index contributed by atoms with van der Waals surface area (Å²) in [6.45, 7) is 0. The number of benzene rings is 3. The van der Waals surface area contributed by atoms with Crippen LogP contribution in [-0.2, 0) is 4.79 Å². The van der Waals surface area contributed by atoms with Crippen LogP contribution in [0.5, 0.6) is 0 Å². The minimum atomic E-state index is -1.25. The van der Waals surface area contributed by atoms with Gasteiger partial charge < -0.3 is 16.2 Å². The molecule has 0 heterocycles. The van der Waals surface area contributed by atoms with Crippen molar-refractivity contribution in [3.8, 4) is 11.1 Å². The van der Waals surface area contributed by atoms with Crippen LogP contribution in [0.15, 0.2) is 84.6 Å². The molecule has 0 spiro atoms. The molecular formula is C22H18N2O3. The number of carboxylic acid groups (broad SMARTS) is 1. The first-order chi connectivity index (χ1) is 13.1. The second-order valence-electron chi connectivity index (χ2n) is 5.86. The molecule has 0 aliphatic carbocycles. The number of nitrogens with two attached hydrogens (primary N) is 1. The van der Waals surface area contributed by atoms with E-state index in [-0.39, 0.29) is 5.70 Å². The van der Waals surface area contributed by atoms with Crippen molar-refractivity contribution < 1.29 is 14.7 Å². The third-order valence-electron chi connectivity index (χ3n) is 4.04. The maximum Gasteiger partial charge on any atom is 0.352 e. The molecule has 0 aliphatic heterocycles. The number of hydrogen-bond donors (Lipinski definition) is 3. The lowest BCUT2D eigenvalue weighted by molar-refractivity contribution is -0.132. The number of amides is 1. The van der Waals surface area contributed by atoms with Crippen LogP contribution in [0.1, 0.15) is 15.9 Å². The van der Waals surface area contributed by atoms with E-state index in [1.54, 1.807) is 42.5 Å². The highest BCUT2D eigenvalue weighted by atomic mass is 16.4. The summed E-state index contributed by atoms with van der Waals surface area (Å²) in [4.78, 5) is 23.9. The van der Waals surface area contributed by atoms with E-state index >= 15 is 0 Å². The van der Waals surface area contributed by atoms with Gasteiger partial charge in [-0.3, -0.25) is 4.79 Å². The second kappa shape index (κ2) is 8.01. The van der Waals surface area contributed by atoms with Crippen molar-refractivity contribution in [2.45, 2.75) is 0 Å². The van der Waals surface area contributed by atoms with Gasteiger partial charge in [-0.15, -0.1) is 0 Å². The molecule has 0 aromatic heterocycles. The van der Waals surface area contributed by atoms with Gasteiger partial charge in [-0.05, 0) is 23.8 Å². The van der Waals surface area contributed by atoms with Gasteiger partial charge in [-0.1, -0.05) is 66.7 Å². The van der Waals surface area contributed by atoms with Gasteiger partial charge in [-0.25, -0.2) is 4.79 Å². The summed E-state index contributed by atoms with van der Waals surface area (Å²) in [7, 11) is 0. The summed E-state index contributed by atoms with van der Waals surface area (Å²) in [5.41, 5.74) is 9.06. The van der Waals surface area contributed by atoms with Crippen molar-refractivity contribution >= 4 is 23.6 Å². The van der Waals surface area contributed by atoms with E-state index in [2.05, 4.69) is 5.32 Å². The monoisotopic (exact) mass is 358 g/mol. The molecule has 0 saturated carbocycles. The number of nitrogen functional groups attached to an aromatic ring is 1. The Hall–Kier alpha value is -3.86. The molecule has 4 N–H and O–H groups in total. The van der Waals surface area contributed by atoms with Crippen molar-refractivity contribution in [1.82, 2.24) is 5.32 Å². The molecule has 0 unspecified atom stereocenters. The van der Waals surface area contributed by atoms with Crippen LogP contribution in [0, 0.1) is 0 Å². The van der Waals surface area contributed by atoms with Crippen LogP contribution in [0.4, 0.5) is 5.69 Å². The normalized spacial score (nSPS) is 11.0. The zero-order valence-electron chi connectivity index (χ0n) is 14.4. The fraction of sp³-hybridized carbons (Fsp3) is 0. The Morgan fingerprint density at radius 1 is 0.852 bits per heavy atom. The quantitative estimate of drug-likeness (QED) is 0.478. The van der Waals surface area contributed by atoms with Crippen LogP contribution in [0.3, 0.4) is 0 Å². The smallest absolute Gasteiger partial charge is 0.352 e. The zero-order valence-corrected chi connectivity index (χ0v) is 14.4. The summed E-state index contributed by atoms with van der Waals surface area (Å²) < 4.78 is 0. The minimum absolute atomic E-state index is 0.249. The number of carbonyl (C=O) groups excluding carboxylic acids is 1. The summed E-state index contributed by atoms with van der Waals surface area (Å²) in [6.07, 6.45) is 1.37. The Balaban J connectivity index is 1.95. The van der Waals surface area contributed by atoms with E-state index in [0.29, 0.717) is 16.8 Å². The molecule has 3 aromatic carbocycles. The van der Waals surface area contributed by atoms with Gasteiger partial charge in [0.15, 0.2) is 0 Å². The van der Waals surface area contributed by atoms with Gasteiger partial charge in [0.25, 0.3) is 5.91 Å². The van der Waals surface area contributed by atoms with Crippen LogP contribution < -0.4 is 11.1 Å². The molecule has 0 bridgehead atoms. The standard InChI is InChI=1S/C22H18N2O3/c23-20-17(12-7-13-18(20)15-8-3-1-4-9-15)14-19(22(26)27)24-21(25)16-10-5-2-6-11-16/h1-14H,23H2,(H,24,25)(H,26,27). The number of carboxylic acids is 1. The lowest BCUT2D eigenvalue weighted by Crippen LogP contribution is -2.27. The topological polar surface area (TPSA) is 92.4 Å². The number of anilines is 1. The summed E-state index contributed by atoms with van der Waals surface area (Å²) in [6, 6.07) is 23.3. The lowest BCUT2D eigenvalue weighted by Gasteiger charge is -2.11. The summed E-state index contributed by atoms with van der Waals surface area (Å²) in [5, 5.41) is 11.9. The number of hydrogen-bond acceptors (Lipinski definition) is 3. The first-order valence-corrected chi connectivity index (χ1v) is 8.31. The fourth-order valence-corrected chi connectivity index (χ4v) is 2.67. The fourth-order valence-electron chi connectivity index (χ4n) is 2.67. The van der Waals surface area contributed by atoms with E-state index in [9.17, 15) is 14.7 Å². The molecule has 0 radical (unpaired) electrons. The van der Waals surface area contributed by atoms with Gasteiger partial charge >= 0.3 is 5.97 Å². The molecule has 3 aromatic rings. The van der Waals surface area contributed by atoms with E-state index in [0.717, 1.165) is 11.1 Å². The first kappa shape index (κ1) is 17.9. The summed E-state index contributed by atoms with van der Waals surface area (Å²) in [5.74, 6) is -1.74. The Morgan fingerprint density at radius 2 is 1.48 bits per heavy atom. The number of para-hydroxylation sites is 1. The van der Waals surface area contributed by atoms with Crippen LogP contribution in [0.2, 0.25) is 0 Å². The molecule has 0 atom stereocenters. The van der Waals surface area contributed by atoms with Gasteiger partial charge in [0, 0.05) is 22.4 Å². The van der Waals surface area contributed by atoms with E-state index in [4.69, 9.17) is 5.73 Å². The molecule has 0 fully saturated rings. The first-order valence-electron chi connectivity index (χ1n) is 8.31. The van der Waals surface area contributed by atoms with Crippen molar-refractivity contribution in [3.05, 3.63) is 95.7 Å². The molecule has 27 heavy (non-hydrogen) atoms. The van der Waals surface area contributed by atoms with Crippen LogP contribution in [-0.4, -0.2) is 17.0 Å². The van der Waals surface area contributed by atoms with Crippen LogP contribution >= 0.6 is 0 Å². The highest BCUT2D eigenvalue weighted by molar-refractivity contribution is 6.03. The molecule has 0 aliphatic rings. The summed E-state index contributed by atoms with van der Waals surface area (Å²) >= 11 is 0. The predicted molar refractivity (Wildman–Crippen MR) is 106 cm³/mol. The van der Waals surface area contributed by atoms with Crippen molar-refractivity contribution in [3.63, 3.8) is 0 Å². The molecule has 0 saturated heterocycles. The number of aliphatic carboxylic acids is 1. The van der Waals surface area contributed by atoms with Gasteiger partial charge in [0.05, 0.1) is 0 Å². The van der Waals surface area contributed by atoms with Crippen molar-refractivity contribution in [2.24, 2.45) is 0 Å². The zero-order chi connectivity index (χ0) is 19.2. The van der Waals surface area contributed by atoms with Gasteiger partial charge in [-0.2, -0.15) is 0 Å². The Bertz CT molecular complexity index is 997. The van der Waals surface area contributed by atoms with Crippen LogP contribution in [0.25, 0.3) is 17.2 Å². The maximum absolute atomic E-state index is 12.3. The second-order valence-corrected chi connectivity index (χ2v) is 5.86. The third kappa shape index (κ3) is 4.22. The van der Waals surface area contributed by atoms with Crippen molar-refractivity contribution in [1.29, 1.82) is 0 Å². The minimum Gasteiger partial charge on any atom is -0.477 e. The van der Waals surface area contributed by atoms with E-state index in [1.165, 1.54) is 6.08 Å². The highest BCUT2D eigenvalue weighted by Crippen LogP contribution is 2.29. The SMILES string of the molecule is Nc1c(C=C(NC(=O)c2ccccc2)C(=O)O)cccc1-c1ccccc1. The molecule has 134 valence electrons. The Kier molecular flexibility index (Phi) is 5.33. The average molecular weight is 358 g/mol. The largest absolute Gasteiger partial charge is 0.477 e. The van der Waals surface area contributed by atoms with E-state index < -0.39 is 11.9 Å². The number of rotatable bonds is 5. The molecule has 5 heteroatoms. The van der Waals surface area contributed by atoms with Crippen molar-refractivity contribution in [2.75, 3.05) is 5.73 Å². The molecule has 1 amide bonds. The lowest BCUT2D eigenvalue weighted by atomic mass is 10.00.